The Morgan fingerprint density at radius 1 is 1.11 bits per heavy atom. The van der Waals surface area contributed by atoms with Crippen LogP contribution in [0.4, 0.5) is 5.82 Å². The van der Waals surface area contributed by atoms with Crippen LogP contribution in [0.2, 0.25) is 0 Å². The van der Waals surface area contributed by atoms with Crippen molar-refractivity contribution in [2.75, 3.05) is 44.2 Å². The van der Waals surface area contributed by atoms with Gasteiger partial charge in [-0.25, -0.2) is 9.97 Å². The molecule has 2 aromatic rings. The molecule has 0 N–H and O–H groups in total. The van der Waals surface area contributed by atoms with E-state index in [4.69, 9.17) is 4.42 Å². The normalized spacial score (nSPS) is 14.2. The SMILES string of the molecule is CCCN(CCC)C(=O)c1cc(N2CCN(C(=O)c3ccco3)CC2)ncn1. The highest BCUT2D eigenvalue weighted by Gasteiger charge is 2.25. The molecule has 1 aliphatic heterocycles. The first kappa shape index (κ1) is 19.9. The fourth-order valence-corrected chi connectivity index (χ4v) is 3.35. The Hall–Kier alpha value is -2.90. The molecule has 0 aromatic carbocycles. The largest absolute Gasteiger partial charge is 0.459 e. The first-order chi connectivity index (χ1) is 13.6. The number of piperazine rings is 1. The van der Waals surface area contributed by atoms with E-state index in [0.717, 1.165) is 31.7 Å². The van der Waals surface area contributed by atoms with Crippen LogP contribution in [0.3, 0.4) is 0 Å². The van der Waals surface area contributed by atoms with Crippen LogP contribution in [-0.2, 0) is 0 Å². The molecule has 8 nitrogen and oxygen atoms in total. The molecule has 1 fully saturated rings. The Bertz CT molecular complexity index is 779. The van der Waals surface area contributed by atoms with Crippen LogP contribution < -0.4 is 4.90 Å². The predicted octanol–water partition coefficient (Wildman–Crippen LogP) is 2.29. The summed E-state index contributed by atoms with van der Waals surface area (Å²) in [5.74, 6) is 0.920. The van der Waals surface area contributed by atoms with Crippen molar-refractivity contribution in [3.63, 3.8) is 0 Å². The molecule has 0 radical (unpaired) electrons. The summed E-state index contributed by atoms with van der Waals surface area (Å²) in [5, 5.41) is 0. The van der Waals surface area contributed by atoms with Gasteiger partial charge in [-0.05, 0) is 25.0 Å². The lowest BCUT2D eigenvalue weighted by Gasteiger charge is -2.35. The highest BCUT2D eigenvalue weighted by Crippen LogP contribution is 2.17. The number of carbonyl (C=O) groups excluding carboxylic acids is 2. The van der Waals surface area contributed by atoms with Crippen molar-refractivity contribution in [1.82, 2.24) is 19.8 Å². The molecule has 8 heteroatoms. The summed E-state index contributed by atoms with van der Waals surface area (Å²) in [6, 6.07) is 5.14. The zero-order valence-corrected chi connectivity index (χ0v) is 16.5. The average molecular weight is 385 g/mol. The Labute approximate surface area is 165 Å². The molecule has 0 aliphatic carbocycles. The van der Waals surface area contributed by atoms with Crippen LogP contribution in [0, 0.1) is 0 Å². The molecular weight excluding hydrogens is 358 g/mol. The third kappa shape index (κ3) is 4.49. The average Bonchev–Trinajstić information content (AvgIpc) is 3.28. The number of anilines is 1. The minimum atomic E-state index is -0.0991. The van der Waals surface area contributed by atoms with Crippen LogP contribution >= 0.6 is 0 Å². The summed E-state index contributed by atoms with van der Waals surface area (Å²) in [6.07, 6.45) is 4.77. The Kier molecular flexibility index (Phi) is 6.62. The molecule has 1 saturated heterocycles. The van der Waals surface area contributed by atoms with Crippen molar-refractivity contribution in [3.05, 3.63) is 42.2 Å². The lowest BCUT2D eigenvalue weighted by Crippen LogP contribution is -2.49. The van der Waals surface area contributed by atoms with Gasteiger partial charge in [-0.2, -0.15) is 0 Å². The number of amides is 2. The van der Waals surface area contributed by atoms with Gasteiger partial charge in [-0.3, -0.25) is 9.59 Å². The molecule has 0 saturated carbocycles. The zero-order valence-electron chi connectivity index (χ0n) is 16.5. The van der Waals surface area contributed by atoms with Gasteiger partial charge in [0, 0.05) is 45.3 Å². The van der Waals surface area contributed by atoms with Crippen LogP contribution in [0.1, 0.15) is 47.7 Å². The predicted molar refractivity (Wildman–Crippen MR) is 105 cm³/mol. The monoisotopic (exact) mass is 385 g/mol. The van der Waals surface area contributed by atoms with E-state index < -0.39 is 0 Å². The van der Waals surface area contributed by atoms with Gasteiger partial charge in [0.2, 0.25) is 0 Å². The van der Waals surface area contributed by atoms with Gasteiger partial charge < -0.3 is 19.1 Å². The molecule has 0 spiro atoms. The van der Waals surface area contributed by atoms with Crippen LogP contribution in [0.25, 0.3) is 0 Å². The minimum Gasteiger partial charge on any atom is -0.459 e. The van der Waals surface area contributed by atoms with Crippen molar-refractivity contribution in [1.29, 1.82) is 0 Å². The third-order valence-corrected chi connectivity index (χ3v) is 4.77. The standard InChI is InChI=1S/C20H27N5O3/c1-3-7-24(8-4-2)19(26)16-14-18(22-15-21-16)23-9-11-25(12-10-23)20(27)17-6-5-13-28-17/h5-6,13-15H,3-4,7-12H2,1-2H3. The van der Waals surface area contributed by atoms with Crippen LogP contribution in [-0.4, -0.2) is 70.9 Å². The van der Waals surface area contributed by atoms with Crippen LogP contribution in [0.15, 0.2) is 35.2 Å². The van der Waals surface area contributed by atoms with E-state index in [-0.39, 0.29) is 11.8 Å². The summed E-state index contributed by atoms with van der Waals surface area (Å²) in [7, 11) is 0. The number of hydrogen-bond donors (Lipinski definition) is 0. The van der Waals surface area contributed by atoms with Crippen molar-refractivity contribution in [2.24, 2.45) is 0 Å². The minimum absolute atomic E-state index is 0.0565. The van der Waals surface area contributed by atoms with E-state index in [0.29, 0.717) is 37.6 Å². The number of aromatic nitrogens is 2. The molecule has 2 amide bonds. The Morgan fingerprint density at radius 2 is 1.82 bits per heavy atom. The highest BCUT2D eigenvalue weighted by atomic mass is 16.3. The van der Waals surface area contributed by atoms with Gasteiger partial charge >= 0.3 is 0 Å². The first-order valence-corrected chi connectivity index (χ1v) is 9.83. The lowest BCUT2D eigenvalue weighted by atomic mass is 10.2. The van der Waals surface area contributed by atoms with Gasteiger partial charge in [0.1, 0.15) is 17.8 Å². The van der Waals surface area contributed by atoms with E-state index >= 15 is 0 Å². The summed E-state index contributed by atoms with van der Waals surface area (Å²) < 4.78 is 5.20. The fraction of sp³-hybridized carbons (Fsp3) is 0.500. The van der Waals surface area contributed by atoms with Crippen molar-refractivity contribution >= 4 is 17.6 Å². The van der Waals surface area contributed by atoms with Crippen molar-refractivity contribution in [3.8, 4) is 0 Å². The Morgan fingerprint density at radius 3 is 2.43 bits per heavy atom. The quantitative estimate of drug-likeness (QED) is 0.727. The van der Waals surface area contributed by atoms with E-state index in [1.807, 2.05) is 4.90 Å². The van der Waals surface area contributed by atoms with Crippen molar-refractivity contribution < 1.29 is 14.0 Å². The van der Waals surface area contributed by atoms with Crippen LogP contribution in [0.5, 0.6) is 0 Å². The maximum atomic E-state index is 12.8. The van der Waals surface area contributed by atoms with E-state index in [2.05, 4.69) is 28.7 Å². The van der Waals surface area contributed by atoms with E-state index in [1.54, 1.807) is 23.1 Å². The molecule has 150 valence electrons. The summed E-state index contributed by atoms with van der Waals surface area (Å²) in [5.41, 5.74) is 0.418. The van der Waals surface area contributed by atoms with Gasteiger partial charge in [-0.1, -0.05) is 13.8 Å². The van der Waals surface area contributed by atoms with Gasteiger partial charge in [-0.15, -0.1) is 0 Å². The number of furan rings is 1. The molecule has 2 aromatic heterocycles. The van der Waals surface area contributed by atoms with Gasteiger partial charge in [0.25, 0.3) is 11.8 Å². The highest BCUT2D eigenvalue weighted by molar-refractivity contribution is 5.93. The van der Waals surface area contributed by atoms with Crippen molar-refractivity contribution in [2.45, 2.75) is 26.7 Å². The molecule has 28 heavy (non-hydrogen) atoms. The maximum absolute atomic E-state index is 12.8. The smallest absolute Gasteiger partial charge is 0.289 e. The molecule has 0 unspecified atom stereocenters. The number of hydrogen-bond acceptors (Lipinski definition) is 6. The lowest BCUT2D eigenvalue weighted by molar-refractivity contribution is 0.0714. The third-order valence-electron chi connectivity index (χ3n) is 4.77. The zero-order chi connectivity index (χ0) is 19.9. The fourth-order valence-electron chi connectivity index (χ4n) is 3.35. The molecular formula is C20H27N5O3. The second-order valence-electron chi connectivity index (χ2n) is 6.81. The molecule has 0 atom stereocenters. The number of carbonyl (C=O) groups is 2. The molecule has 3 rings (SSSR count). The summed E-state index contributed by atoms with van der Waals surface area (Å²) >= 11 is 0. The molecule has 1 aliphatic rings. The molecule has 0 bridgehead atoms. The second-order valence-corrected chi connectivity index (χ2v) is 6.81. The van der Waals surface area contributed by atoms with Gasteiger partial charge in [0.05, 0.1) is 6.26 Å². The second kappa shape index (κ2) is 9.34. The summed E-state index contributed by atoms with van der Waals surface area (Å²) in [4.78, 5) is 39.4. The summed E-state index contributed by atoms with van der Waals surface area (Å²) in [6.45, 7) is 8.00. The Balaban J connectivity index is 1.64. The van der Waals surface area contributed by atoms with Gasteiger partial charge in [0.15, 0.2) is 5.76 Å². The first-order valence-electron chi connectivity index (χ1n) is 9.83. The van der Waals surface area contributed by atoms with E-state index in [9.17, 15) is 9.59 Å². The topological polar surface area (TPSA) is 82.8 Å². The maximum Gasteiger partial charge on any atom is 0.289 e. The molecule has 3 heterocycles. The number of rotatable bonds is 7. The van der Waals surface area contributed by atoms with E-state index in [1.165, 1.54) is 12.6 Å². The number of nitrogens with zero attached hydrogens (tertiary/aromatic N) is 5.